The van der Waals surface area contributed by atoms with E-state index in [9.17, 15) is 14.7 Å². The second-order valence-electron chi connectivity index (χ2n) is 6.44. The molecular weight excluding hydrogens is 302 g/mol. The van der Waals surface area contributed by atoms with E-state index in [0.29, 0.717) is 12.8 Å². The molecule has 3 rings (SSSR count). The van der Waals surface area contributed by atoms with Gasteiger partial charge in [-0.2, -0.15) is 0 Å². The van der Waals surface area contributed by atoms with Crippen molar-refractivity contribution in [3.8, 4) is 0 Å². The van der Waals surface area contributed by atoms with Crippen LogP contribution in [0, 0.1) is 5.41 Å². The quantitative estimate of drug-likeness (QED) is 0.854. The molecule has 1 fully saturated rings. The number of amides is 1. The van der Waals surface area contributed by atoms with Crippen LogP contribution in [0.5, 0.6) is 0 Å². The van der Waals surface area contributed by atoms with Gasteiger partial charge < -0.3 is 10.4 Å². The van der Waals surface area contributed by atoms with E-state index in [1.165, 1.54) is 0 Å². The van der Waals surface area contributed by atoms with E-state index in [0.717, 1.165) is 17.5 Å². The molecule has 0 aromatic heterocycles. The minimum absolute atomic E-state index is 0.0402. The highest BCUT2D eigenvalue weighted by Gasteiger charge is 2.46. The summed E-state index contributed by atoms with van der Waals surface area (Å²) in [4.78, 5) is 24.0. The molecule has 0 bridgehead atoms. The molecule has 4 heteroatoms. The van der Waals surface area contributed by atoms with Crippen LogP contribution in [-0.2, 0) is 9.59 Å². The van der Waals surface area contributed by atoms with Crippen molar-refractivity contribution >= 4 is 11.9 Å². The molecule has 0 unspecified atom stereocenters. The molecular formula is C20H21NO3. The second kappa shape index (κ2) is 6.87. The van der Waals surface area contributed by atoms with Gasteiger partial charge in [0.1, 0.15) is 0 Å². The van der Waals surface area contributed by atoms with Gasteiger partial charge >= 0.3 is 5.97 Å². The predicted molar refractivity (Wildman–Crippen MR) is 91.4 cm³/mol. The molecule has 0 saturated heterocycles. The Morgan fingerprint density at radius 3 is 1.83 bits per heavy atom. The van der Waals surface area contributed by atoms with Crippen molar-refractivity contribution in [1.29, 1.82) is 0 Å². The van der Waals surface area contributed by atoms with Crippen LogP contribution >= 0.6 is 0 Å². The normalized spacial score (nSPS) is 15.5. The predicted octanol–water partition coefficient (Wildman–Crippen LogP) is 3.54. The molecule has 1 aliphatic rings. The maximum atomic E-state index is 12.5. The summed E-state index contributed by atoms with van der Waals surface area (Å²) in [5.74, 6) is -1.07. The van der Waals surface area contributed by atoms with Gasteiger partial charge in [-0.1, -0.05) is 67.1 Å². The highest BCUT2D eigenvalue weighted by atomic mass is 16.4. The Hall–Kier alpha value is -2.62. The van der Waals surface area contributed by atoms with Crippen molar-refractivity contribution in [2.45, 2.75) is 31.7 Å². The lowest BCUT2D eigenvalue weighted by atomic mass is 9.66. The summed E-state index contributed by atoms with van der Waals surface area (Å²) < 4.78 is 0. The van der Waals surface area contributed by atoms with E-state index in [-0.39, 0.29) is 18.4 Å². The van der Waals surface area contributed by atoms with E-state index in [4.69, 9.17) is 0 Å². The van der Waals surface area contributed by atoms with Crippen molar-refractivity contribution in [2.75, 3.05) is 0 Å². The van der Waals surface area contributed by atoms with Crippen molar-refractivity contribution in [1.82, 2.24) is 5.32 Å². The number of carbonyl (C=O) groups excluding carboxylic acids is 1. The number of aliphatic carboxylic acids is 1. The smallest absolute Gasteiger partial charge is 0.310 e. The number of carboxylic acid groups (broad SMARTS) is 1. The lowest BCUT2D eigenvalue weighted by Gasteiger charge is -2.37. The zero-order valence-electron chi connectivity index (χ0n) is 13.4. The van der Waals surface area contributed by atoms with Crippen LogP contribution in [0.4, 0.5) is 0 Å². The number of benzene rings is 2. The fourth-order valence-electron chi connectivity index (χ4n) is 3.24. The monoisotopic (exact) mass is 323 g/mol. The van der Waals surface area contributed by atoms with Gasteiger partial charge in [-0.25, -0.2) is 0 Å². The Labute approximate surface area is 141 Å². The highest BCUT2D eigenvalue weighted by molar-refractivity contribution is 5.86. The molecule has 2 N–H and O–H groups in total. The number of carbonyl (C=O) groups is 2. The molecule has 2 aromatic rings. The van der Waals surface area contributed by atoms with Gasteiger partial charge in [0, 0.05) is 6.42 Å². The van der Waals surface area contributed by atoms with Crippen LogP contribution in [0.15, 0.2) is 60.7 Å². The number of hydrogen-bond donors (Lipinski definition) is 2. The van der Waals surface area contributed by atoms with Crippen LogP contribution in [0.25, 0.3) is 0 Å². The molecule has 1 amide bonds. The Morgan fingerprint density at radius 1 is 0.958 bits per heavy atom. The average molecular weight is 323 g/mol. The Balaban J connectivity index is 1.80. The van der Waals surface area contributed by atoms with E-state index < -0.39 is 11.4 Å². The first kappa shape index (κ1) is 16.2. The molecule has 0 radical (unpaired) electrons. The lowest BCUT2D eigenvalue weighted by Crippen LogP contribution is -2.43. The van der Waals surface area contributed by atoms with Gasteiger partial charge in [0.05, 0.1) is 11.5 Å². The lowest BCUT2D eigenvalue weighted by molar-refractivity contribution is -0.157. The van der Waals surface area contributed by atoms with Crippen molar-refractivity contribution in [2.24, 2.45) is 5.41 Å². The van der Waals surface area contributed by atoms with Crippen LogP contribution in [0.1, 0.15) is 42.9 Å². The van der Waals surface area contributed by atoms with Gasteiger partial charge in [0.15, 0.2) is 0 Å². The minimum atomic E-state index is -0.873. The van der Waals surface area contributed by atoms with E-state index in [1.807, 2.05) is 60.7 Å². The molecule has 0 aliphatic heterocycles. The highest BCUT2D eigenvalue weighted by Crippen LogP contribution is 2.44. The maximum absolute atomic E-state index is 12.5. The topological polar surface area (TPSA) is 66.4 Å². The van der Waals surface area contributed by atoms with E-state index in [2.05, 4.69) is 5.32 Å². The molecule has 0 heterocycles. The third-order valence-electron chi connectivity index (χ3n) is 4.83. The maximum Gasteiger partial charge on any atom is 0.310 e. The first-order valence-electron chi connectivity index (χ1n) is 8.23. The second-order valence-corrected chi connectivity index (χ2v) is 6.44. The Morgan fingerprint density at radius 2 is 1.46 bits per heavy atom. The van der Waals surface area contributed by atoms with Gasteiger partial charge in [0.25, 0.3) is 0 Å². The number of rotatable bonds is 6. The van der Waals surface area contributed by atoms with Gasteiger partial charge in [-0.15, -0.1) is 0 Å². The van der Waals surface area contributed by atoms with Gasteiger partial charge in [-0.05, 0) is 24.0 Å². The average Bonchev–Trinajstić information content (AvgIpc) is 2.57. The Kier molecular flexibility index (Phi) is 4.65. The summed E-state index contributed by atoms with van der Waals surface area (Å²) in [6.45, 7) is 0. The summed E-state index contributed by atoms with van der Waals surface area (Å²) in [6, 6.07) is 19.2. The number of nitrogens with one attached hydrogen (secondary N) is 1. The van der Waals surface area contributed by atoms with Crippen LogP contribution in [0.2, 0.25) is 0 Å². The summed E-state index contributed by atoms with van der Waals surface area (Å²) in [7, 11) is 0. The van der Waals surface area contributed by atoms with Gasteiger partial charge in [0.2, 0.25) is 5.91 Å². The minimum Gasteiger partial charge on any atom is -0.481 e. The molecule has 1 aliphatic carbocycles. The molecule has 0 atom stereocenters. The largest absolute Gasteiger partial charge is 0.481 e. The molecule has 124 valence electrons. The van der Waals surface area contributed by atoms with Crippen LogP contribution in [-0.4, -0.2) is 17.0 Å². The standard InChI is InChI=1S/C20H21NO3/c22-17(14-20(19(23)24)12-7-13-20)21-18(15-8-3-1-4-9-15)16-10-5-2-6-11-16/h1-6,8-11,18H,7,12-14H2,(H,21,22)(H,23,24). The fraction of sp³-hybridized carbons (Fsp3) is 0.300. The molecule has 2 aromatic carbocycles. The third kappa shape index (κ3) is 3.32. The number of hydrogen-bond acceptors (Lipinski definition) is 2. The van der Waals surface area contributed by atoms with Gasteiger partial charge in [-0.3, -0.25) is 9.59 Å². The number of carboxylic acids is 1. The van der Waals surface area contributed by atoms with E-state index >= 15 is 0 Å². The molecule has 0 spiro atoms. The summed E-state index contributed by atoms with van der Waals surface area (Å²) in [5.41, 5.74) is 1.09. The van der Waals surface area contributed by atoms with Crippen LogP contribution < -0.4 is 5.32 Å². The van der Waals surface area contributed by atoms with E-state index in [1.54, 1.807) is 0 Å². The summed E-state index contributed by atoms with van der Waals surface area (Å²) >= 11 is 0. The molecule has 24 heavy (non-hydrogen) atoms. The fourth-order valence-corrected chi connectivity index (χ4v) is 3.24. The van der Waals surface area contributed by atoms with Crippen LogP contribution in [0.3, 0.4) is 0 Å². The van der Waals surface area contributed by atoms with Crippen molar-refractivity contribution in [3.05, 3.63) is 71.8 Å². The third-order valence-corrected chi connectivity index (χ3v) is 4.83. The Bertz CT molecular complexity index is 669. The summed E-state index contributed by atoms with van der Waals surface area (Å²) in [6.07, 6.45) is 2.08. The van der Waals surface area contributed by atoms with Crippen molar-refractivity contribution in [3.63, 3.8) is 0 Å². The van der Waals surface area contributed by atoms with Crippen molar-refractivity contribution < 1.29 is 14.7 Å². The zero-order valence-corrected chi connectivity index (χ0v) is 13.4. The molecule has 1 saturated carbocycles. The molecule has 4 nitrogen and oxygen atoms in total. The summed E-state index contributed by atoms with van der Waals surface area (Å²) in [5, 5.41) is 12.4. The first-order chi connectivity index (χ1) is 11.6. The first-order valence-corrected chi connectivity index (χ1v) is 8.23. The zero-order chi connectivity index (χ0) is 17.0. The SMILES string of the molecule is O=C(CC1(C(=O)O)CCC1)NC(c1ccccc1)c1ccccc1.